The summed E-state index contributed by atoms with van der Waals surface area (Å²) in [6.45, 7) is 0.251. The molecule has 29 heavy (non-hydrogen) atoms. The van der Waals surface area contributed by atoms with E-state index >= 15 is 0 Å². The van der Waals surface area contributed by atoms with E-state index in [1.807, 2.05) is 40.8 Å². The van der Waals surface area contributed by atoms with Crippen molar-refractivity contribution in [1.82, 2.24) is 19.2 Å². The van der Waals surface area contributed by atoms with Crippen molar-refractivity contribution in [3.63, 3.8) is 0 Å². The first kappa shape index (κ1) is 17.6. The monoisotopic (exact) mass is 404 g/mol. The van der Waals surface area contributed by atoms with Crippen molar-refractivity contribution in [2.75, 3.05) is 0 Å². The number of benzene rings is 3. The maximum atomic E-state index is 13.3. The lowest BCUT2D eigenvalue weighted by atomic mass is 10.2. The van der Waals surface area contributed by atoms with Crippen LogP contribution in [0.2, 0.25) is 5.02 Å². The third-order valence-electron chi connectivity index (χ3n) is 4.84. The van der Waals surface area contributed by atoms with Crippen LogP contribution in [0.15, 0.2) is 77.6 Å². The van der Waals surface area contributed by atoms with Gasteiger partial charge in [0.15, 0.2) is 5.82 Å². The largest absolute Gasteiger partial charge is 0.272 e. The van der Waals surface area contributed by atoms with Crippen LogP contribution in [0.3, 0.4) is 0 Å². The zero-order chi connectivity index (χ0) is 20.0. The van der Waals surface area contributed by atoms with E-state index in [1.165, 1.54) is 12.1 Å². The Morgan fingerprint density at radius 1 is 0.931 bits per heavy atom. The molecule has 0 unspecified atom stereocenters. The molecule has 3 aromatic carbocycles. The molecule has 0 aliphatic heterocycles. The molecule has 5 rings (SSSR count). The quantitative estimate of drug-likeness (QED) is 0.443. The predicted molar refractivity (Wildman–Crippen MR) is 111 cm³/mol. The van der Waals surface area contributed by atoms with E-state index in [-0.39, 0.29) is 17.9 Å². The van der Waals surface area contributed by atoms with Gasteiger partial charge < -0.3 is 0 Å². The summed E-state index contributed by atoms with van der Waals surface area (Å²) in [4.78, 5) is 13.2. The number of hydrogen-bond donors (Lipinski definition) is 0. The Morgan fingerprint density at radius 3 is 2.52 bits per heavy atom. The Morgan fingerprint density at radius 2 is 1.72 bits per heavy atom. The van der Waals surface area contributed by atoms with E-state index in [0.717, 1.165) is 11.1 Å². The molecule has 0 aliphatic rings. The first-order valence-electron chi connectivity index (χ1n) is 8.99. The van der Waals surface area contributed by atoms with Gasteiger partial charge in [0.05, 0.1) is 17.4 Å². The molecule has 2 aromatic heterocycles. The van der Waals surface area contributed by atoms with E-state index in [2.05, 4.69) is 10.2 Å². The first-order valence-corrected chi connectivity index (χ1v) is 9.37. The molecule has 0 radical (unpaired) electrons. The molecule has 7 heteroatoms. The van der Waals surface area contributed by atoms with Crippen molar-refractivity contribution in [2.45, 2.75) is 6.54 Å². The van der Waals surface area contributed by atoms with E-state index in [1.54, 1.807) is 28.8 Å². The second-order valence-corrected chi connectivity index (χ2v) is 7.14. The van der Waals surface area contributed by atoms with Gasteiger partial charge in [0, 0.05) is 10.6 Å². The summed E-state index contributed by atoms with van der Waals surface area (Å²) in [5, 5.41) is 9.79. The molecule has 0 saturated heterocycles. The average Bonchev–Trinajstić information content (AvgIpc) is 3.18. The molecule has 5 aromatic rings. The van der Waals surface area contributed by atoms with Crippen LogP contribution < -0.4 is 5.56 Å². The van der Waals surface area contributed by atoms with Crippen LogP contribution in [-0.4, -0.2) is 19.2 Å². The highest BCUT2D eigenvalue weighted by Crippen LogP contribution is 2.24. The van der Waals surface area contributed by atoms with Crippen molar-refractivity contribution in [3.8, 4) is 11.4 Å². The van der Waals surface area contributed by atoms with Crippen molar-refractivity contribution in [3.05, 3.63) is 99.6 Å². The normalized spacial score (nSPS) is 11.4. The van der Waals surface area contributed by atoms with Crippen LogP contribution in [0.5, 0.6) is 0 Å². The van der Waals surface area contributed by atoms with Crippen LogP contribution in [-0.2, 0) is 6.54 Å². The predicted octanol–water partition coefficient (Wildman–Crippen LogP) is 4.55. The van der Waals surface area contributed by atoms with E-state index in [0.29, 0.717) is 27.5 Å². The van der Waals surface area contributed by atoms with Gasteiger partial charge in [-0.25, -0.2) is 4.39 Å². The summed E-state index contributed by atoms with van der Waals surface area (Å²) >= 11 is 6.16. The summed E-state index contributed by atoms with van der Waals surface area (Å²) in [6, 6.07) is 20.7. The van der Waals surface area contributed by atoms with E-state index in [9.17, 15) is 9.18 Å². The second-order valence-electron chi connectivity index (χ2n) is 6.70. The molecular formula is C22H14ClFN4O. The highest BCUT2D eigenvalue weighted by molar-refractivity contribution is 6.30. The fourth-order valence-electron chi connectivity index (χ4n) is 3.49. The van der Waals surface area contributed by atoms with Crippen LogP contribution in [0.4, 0.5) is 4.39 Å². The molecular weight excluding hydrogens is 391 g/mol. The number of halogens is 2. The third kappa shape index (κ3) is 2.98. The standard InChI is InChI=1S/C22H14ClFN4O/c23-16-5-3-4-15(12-16)20-25-26-22-27(13-14-8-10-17(24)11-9-14)21(29)18-6-1-2-7-19(18)28(20)22/h1-12H,13H2. The summed E-state index contributed by atoms with van der Waals surface area (Å²) < 4.78 is 16.7. The van der Waals surface area contributed by atoms with Gasteiger partial charge in [0.1, 0.15) is 5.82 Å². The molecule has 0 aliphatic carbocycles. The minimum absolute atomic E-state index is 0.178. The fourth-order valence-corrected chi connectivity index (χ4v) is 3.68. The molecule has 2 heterocycles. The van der Waals surface area contributed by atoms with Crippen LogP contribution in [0.25, 0.3) is 28.1 Å². The summed E-state index contributed by atoms with van der Waals surface area (Å²) in [7, 11) is 0. The van der Waals surface area contributed by atoms with Gasteiger partial charge in [-0.2, -0.15) is 0 Å². The Labute approximate surface area is 169 Å². The summed E-state index contributed by atoms with van der Waals surface area (Å²) in [5.41, 5.74) is 2.12. The second kappa shape index (κ2) is 6.83. The molecule has 0 spiro atoms. The van der Waals surface area contributed by atoms with Gasteiger partial charge in [0.25, 0.3) is 5.56 Å². The average molecular weight is 405 g/mol. The molecule has 0 atom stereocenters. The molecule has 0 amide bonds. The van der Waals surface area contributed by atoms with Gasteiger partial charge in [0.2, 0.25) is 5.78 Å². The third-order valence-corrected chi connectivity index (χ3v) is 5.08. The number of aromatic nitrogens is 4. The fraction of sp³-hybridized carbons (Fsp3) is 0.0455. The lowest BCUT2D eigenvalue weighted by Gasteiger charge is -2.11. The van der Waals surface area contributed by atoms with Crippen LogP contribution in [0.1, 0.15) is 5.56 Å². The minimum Gasteiger partial charge on any atom is -0.272 e. The number of hydrogen-bond acceptors (Lipinski definition) is 3. The lowest BCUT2D eigenvalue weighted by Crippen LogP contribution is -2.24. The van der Waals surface area contributed by atoms with E-state index in [4.69, 9.17) is 11.6 Å². The van der Waals surface area contributed by atoms with Crippen molar-refractivity contribution in [1.29, 1.82) is 0 Å². The highest BCUT2D eigenvalue weighted by Gasteiger charge is 2.17. The maximum absolute atomic E-state index is 13.3. The van der Waals surface area contributed by atoms with Gasteiger partial charge in [-0.3, -0.25) is 13.8 Å². The van der Waals surface area contributed by atoms with E-state index < -0.39 is 0 Å². The van der Waals surface area contributed by atoms with Crippen molar-refractivity contribution < 1.29 is 4.39 Å². The smallest absolute Gasteiger partial charge is 0.263 e. The Hall–Kier alpha value is -3.51. The molecule has 0 bridgehead atoms. The van der Waals surface area contributed by atoms with Gasteiger partial charge in [-0.05, 0) is 42.0 Å². The molecule has 142 valence electrons. The molecule has 0 N–H and O–H groups in total. The van der Waals surface area contributed by atoms with Crippen LogP contribution in [0, 0.1) is 5.82 Å². The minimum atomic E-state index is -0.324. The van der Waals surface area contributed by atoms with Gasteiger partial charge >= 0.3 is 0 Å². The first-order chi connectivity index (χ1) is 14.1. The van der Waals surface area contributed by atoms with Gasteiger partial charge in [-0.15, -0.1) is 10.2 Å². The zero-order valence-corrected chi connectivity index (χ0v) is 15.8. The van der Waals surface area contributed by atoms with Crippen molar-refractivity contribution >= 4 is 28.3 Å². The molecule has 0 fully saturated rings. The zero-order valence-electron chi connectivity index (χ0n) is 15.1. The number of rotatable bonds is 3. The Bertz CT molecular complexity index is 1420. The number of para-hydroxylation sites is 1. The SMILES string of the molecule is O=c1c2ccccc2n2c(-c3cccc(Cl)c3)nnc2n1Cc1ccc(F)cc1. The Kier molecular flexibility index (Phi) is 4.14. The topological polar surface area (TPSA) is 52.2 Å². The molecule has 5 nitrogen and oxygen atoms in total. The maximum Gasteiger partial charge on any atom is 0.263 e. The van der Waals surface area contributed by atoms with Gasteiger partial charge in [-0.1, -0.05) is 48.0 Å². The Balaban J connectivity index is 1.82. The number of fused-ring (bicyclic) bond motifs is 3. The van der Waals surface area contributed by atoms with Crippen molar-refractivity contribution in [2.24, 2.45) is 0 Å². The highest BCUT2D eigenvalue weighted by atomic mass is 35.5. The number of nitrogens with zero attached hydrogens (tertiary/aromatic N) is 4. The molecule has 0 saturated carbocycles. The summed E-state index contributed by atoms with van der Waals surface area (Å²) in [5.74, 6) is 0.676. The lowest BCUT2D eigenvalue weighted by molar-refractivity contribution is 0.626. The summed E-state index contributed by atoms with van der Waals surface area (Å²) in [6.07, 6.45) is 0. The van der Waals surface area contributed by atoms with Crippen LogP contribution >= 0.6 is 11.6 Å².